The molecule has 0 aliphatic carbocycles. The van der Waals surface area contributed by atoms with Gasteiger partial charge in [0.05, 0.1) is 19.8 Å². The predicted octanol–water partition coefficient (Wildman–Crippen LogP) is 0.966. The smallest absolute Gasteiger partial charge is 0.134 e. The number of hydrogen-bond donors (Lipinski definition) is 2. The Kier molecular flexibility index (Phi) is 3.38. The fraction of sp³-hybridized carbons (Fsp3) is 0.333. The van der Waals surface area contributed by atoms with Gasteiger partial charge in [0.25, 0.3) is 0 Å². The van der Waals surface area contributed by atoms with Gasteiger partial charge in [0.15, 0.2) is 0 Å². The van der Waals surface area contributed by atoms with Crippen LogP contribution in [0.3, 0.4) is 0 Å². The molecule has 0 saturated carbocycles. The minimum Gasteiger partial charge on any atom is -0.497 e. The second-order valence-corrected chi connectivity index (χ2v) is 2.79. The summed E-state index contributed by atoms with van der Waals surface area (Å²) in [6.45, 7) is -0.514. The monoisotopic (exact) mass is 203 g/mol. The maximum Gasteiger partial charge on any atom is 0.134 e. The molecule has 0 fully saturated rings. The van der Waals surface area contributed by atoms with Crippen molar-refractivity contribution in [3.63, 3.8) is 0 Å². The van der Waals surface area contributed by atoms with Gasteiger partial charge in [0, 0.05) is 17.7 Å². The van der Waals surface area contributed by atoms with Crippen LogP contribution < -0.4 is 10.5 Å². The highest BCUT2D eigenvalue weighted by atomic mass is 19.1. The third kappa shape index (κ3) is 2.00. The highest BCUT2D eigenvalue weighted by molar-refractivity contribution is 5.32. The van der Waals surface area contributed by atoms with Gasteiger partial charge in [-0.15, -0.1) is 0 Å². The van der Waals surface area contributed by atoms with E-state index in [2.05, 4.69) is 4.74 Å². The Balaban J connectivity index is 3.18. The van der Waals surface area contributed by atoms with Gasteiger partial charge in [-0.2, -0.15) is 0 Å². The molecule has 14 heavy (non-hydrogen) atoms. The van der Waals surface area contributed by atoms with Crippen LogP contribution in [0.1, 0.15) is 11.6 Å². The molecule has 1 aromatic carbocycles. The third-order valence-corrected chi connectivity index (χ3v) is 1.86. The van der Waals surface area contributed by atoms with Gasteiger partial charge in [-0.25, -0.2) is 8.78 Å². The minimum atomic E-state index is -1.05. The van der Waals surface area contributed by atoms with Gasteiger partial charge in [-0.3, -0.25) is 0 Å². The molecule has 0 radical (unpaired) electrons. The van der Waals surface area contributed by atoms with Crippen LogP contribution in [-0.2, 0) is 0 Å². The van der Waals surface area contributed by atoms with Crippen LogP contribution in [-0.4, -0.2) is 18.8 Å². The molecule has 0 spiro atoms. The molecule has 1 atom stereocenters. The normalized spacial score (nSPS) is 12.6. The fourth-order valence-electron chi connectivity index (χ4n) is 1.12. The molecule has 0 amide bonds. The van der Waals surface area contributed by atoms with E-state index in [1.165, 1.54) is 7.11 Å². The summed E-state index contributed by atoms with van der Waals surface area (Å²) in [5, 5.41) is 8.67. The average molecular weight is 203 g/mol. The first-order chi connectivity index (χ1) is 6.60. The summed E-state index contributed by atoms with van der Waals surface area (Å²) in [6.07, 6.45) is 0. The van der Waals surface area contributed by atoms with Crippen LogP contribution in [0.4, 0.5) is 8.78 Å². The zero-order valence-corrected chi connectivity index (χ0v) is 7.63. The number of aliphatic hydroxyl groups is 1. The van der Waals surface area contributed by atoms with E-state index in [0.29, 0.717) is 0 Å². The van der Waals surface area contributed by atoms with Crippen molar-refractivity contribution in [3.8, 4) is 5.75 Å². The van der Waals surface area contributed by atoms with Gasteiger partial charge < -0.3 is 15.6 Å². The number of methoxy groups -OCH3 is 1. The highest BCUT2D eigenvalue weighted by Gasteiger charge is 2.17. The zero-order valence-electron chi connectivity index (χ0n) is 7.63. The van der Waals surface area contributed by atoms with E-state index >= 15 is 0 Å². The maximum absolute atomic E-state index is 13.2. The Labute approximate surface area is 80.1 Å². The number of benzene rings is 1. The van der Waals surface area contributed by atoms with Crippen molar-refractivity contribution in [3.05, 3.63) is 29.3 Å². The second kappa shape index (κ2) is 4.34. The van der Waals surface area contributed by atoms with Gasteiger partial charge in [-0.05, 0) is 0 Å². The Morgan fingerprint density at radius 2 is 1.93 bits per heavy atom. The van der Waals surface area contributed by atoms with E-state index in [1.54, 1.807) is 0 Å². The largest absolute Gasteiger partial charge is 0.497 e. The predicted molar refractivity (Wildman–Crippen MR) is 46.9 cm³/mol. The summed E-state index contributed by atoms with van der Waals surface area (Å²) in [4.78, 5) is 0. The van der Waals surface area contributed by atoms with Crippen LogP contribution in [0.2, 0.25) is 0 Å². The lowest BCUT2D eigenvalue weighted by atomic mass is 10.1. The second-order valence-electron chi connectivity index (χ2n) is 2.79. The molecule has 78 valence electrons. The van der Waals surface area contributed by atoms with E-state index in [-0.39, 0.29) is 11.3 Å². The molecule has 0 bridgehead atoms. The summed E-state index contributed by atoms with van der Waals surface area (Å²) < 4.78 is 31.1. The molecule has 3 nitrogen and oxygen atoms in total. The molecule has 5 heteroatoms. The molecule has 3 N–H and O–H groups in total. The fourth-order valence-corrected chi connectivity index (χ4v) is 1.12. The Morgan fingerprint density at radius 3 is 2.29 bits per heavy atom. The summed E-state index contributed by atoms with van der Waals surface area (Å²) in [6, 6.07) is 0.989. The third-order valence-electron chi connectivity index (χ3n) is 1.86. The standard InChI is InChI=1S/C9H11F2NO2/c1-14-5-2-6(10)9(7(11)3-5)8(12)4-13/h2-3,8,13H,4,12H2,1H3/t8-/m1/s1. The van der Waals surface area contributed by atoms with Crippen molar-refractivity contribution in [2.24, 2.45) is 5.73 Å². The Bertz CT molecular complexity index is 308. The lowest BCUT2D eigenvalue weighted by Crippen LogP contribution is -2.18. The van der Waals surface area contributed by atoms with Crippen LogP contribution in [0.15, 0.2) is 12.1 Å². The molecule has 0 heterocycles. The van der Waals surface area contributed by atoms with Crippen molar-refractivity contribution in [2.45, 2.75) is 6.04 Å². The summed E-state index contributed by atoms with van der Waals surface area (Å²) in [7, 11) is 1.31. The topological polar surface area (TPSA) is 55.5 Å². The number of rotatable bonds is 3. The minimum absolute atomic E-state index is 0.0777. The first kappa shape index (κ1) is 10.9. The molecular weight excluding hydrogens is 192 g/mol. The van der Waals surface area contributed by atoms with E-state index in [1.807, 2.05) is 0 Å². The molecular formula is C9H11F2NO2. The van der Waals surface area contributed by atoms with E-state index < -0.39 is 24.3 Å². The number of halogens is 2. The van der Waals surface area contributed by atoms with E-state index in [0.717, 1.165) is 12.1 Å². The van der Waals surface area contributed by atoms with E-state index in [4.69, 9.17) is 10.8 Å². The van der Waals surface area contributed by atoms with Gasteiger partial charge in [0.1, 0.15) is 17.4 Å². The van der Waals surface area contributed by atoms with Crippen LogP contribution in [0.5, 0.6) is 5.75 Å². The van der Waals surface area contributed by atoms with Crippen LogP contribution in [0.25, 0.3) is 0 Å². The Morgan fingerprint density at radius 1 is 1.43 bits per heavy atom. The highest BCUT2D eigenvalue weighted by Crippen LogP contribution is 2.24. The number of aliphatic hydroxyl groups excluding tert-OH is 1. The lowest BCUT2D eigenvalue weighted by molar-refractivity contribution is 0.262. The van der Waals surface area contributed by atoms with Crippen molar-refractivity contribution in [1.29, 1.82) is 0 Å². The van der Waals surface area contributed by atoms with Gasteiger partial charge in [0.2, 0.25) is 0 Å². The number of nitrogens with two attached hydrogens (primary N) is 1. The summed E-state index contributed by atoms with van der Waals surface area (Å²) >= 11 is 0. The molecule has 0 saturated heterocycles. The number of hydrogen-bond acceptors (Lipinski definition) is 3. The first-order valence-electron chi connectivity index (χ1n) is 3.99. The van der Waals surface area contributed by atoms with Crippen molar-refractivity contribution < 1.29 is 18.6 Å². The van der Waals surface area contributed by atoms with Gasteiger partial charge >= 0.3 is 0 Å². The van der Waals surface area contributed by atoms with Crippen molar-refractivity contribution in [2.75, 3.05) is 13.7 Å². The first-order valence-corrected chi connectivity index (χ1v) is 3.99. The van der Waals surface area contributed by atoms with Crippen LogP contribution in [0, 0.1) is 11.6 Å². The summed E-state index contributed by atoms with van der Waals surface area (Å²) in [5.41, 5.74) is 4.99. The van der Waals surface area contributed by atoms with Crippen molar-refractivity contribution in [1.82, 2.24) is 0 Å². The Hall–Kier alpha value is -1.20. The summed E-state index contributed by atoms with van der Waals surface area (Å²) in [5.74, 6) is -1.55. The average Bonchev–Trinajstić information content (AvgIpc) is 2.16. The van der Waals surface area contributed by atoms with E-state index in [9.17, 15) is 8.78 Å². The lowest BCUT2D eigenvalue weighted by Gasteiger charge is -2.12. The quantitative estimate of drug-likeness (QED) is 0.769. The van der Waals surface area contributed by atoms with Crippen LogP contribution >= 0.6 is 0 Å². The molecule has 1 rings (SSSR count). The molecule has 0 aromatic heterocycles. The van der Waals surface area contributed by atoms with Gasteiger partial charge in [-0.1, -0.05) is 0 Å². The molecule has 1 aromatic rings. The number of ether oxygens (including phenoxy) is 1. The molecule has 0 aliphatic rings. The molecule has 0 unspecified atom stereocenters. The maximum atomic E-state index is 13.2. The zero-order chi connectivity index (χ0) is 10.7. The molecule has 0 aliphatic heterocycles. The SMILES string of the molecule is COc1cc(F)c([C@H](N)CO)c(F)c1. The van der Waals surface area contributed by atoms with Crippen molar-refractivity contribution >= 4 is 0 Å².